The van der Waals surface area contributed by atoms with Crippen LogP contribution in [0.5, 0.6) is 11.5 Å². The van der Waals surface area contributed by atoms with E-state index < -0.39 is 5.97 Å². The summed E-state index contributed by atoms with van der Waals surface area (Å²) < 4.78 is 10.8. The molecule has 1 aliphatic rings. The van der Waals surface area contributed by atoms with Crippen molar-refractivity contribution >= 4 is 23.5 Å². The van der Waals surface area contributed by atoms with Gasteiger partial charge in [0.15, 0.2) is 11.5 Å². The Hall–Kier alpha value is -2.73. The molecule has 0 bridgehead atoms. The van der Waals surface area contributed by atoms with Crippen molar-refractivity contribution in [2.24, 2.45) is 0 Å². The fourth-order valence-corrected chi connectivity index (χ4v) is 3.44. The van der Waals surface area contributed by atoms with E-state index in [0.717, 1.165) is 11.1 Å². The van der Waals surface area contributed by atoms with Gasteiger partial charge in [-0.2, -0.15) is 0 Å². The van der Waals surface area contributed by atoms with E-state index in [1.165, 1.54) is 7.11 Å². The van der Waals surface area contributed by atoms with E-state index >= 15 is 0 Å². The predicted molar refractivity (Wildman–Crippen MR) is 101 cm³/mol. The molecule has 0 spiro atoms. The van der Waals surface area contributed by atoms with Crippen molar-refractivity contribution in [3.8, 4) is 11.5 Å². The number of hydrogen-bond donors (Lipinski definition) is 1. The molecular weight excluding hydrogens is 370 g/mol. The van der Waals surface area contributed by atoms with Crippen molar-refractivity contribution in [2.45, 2.75) is 19.9 Å². The first-order valence-electron chi connectivity index (χ1n) is 8.59. The number of ether oxygens (including phenoxy) is 2. The number of methoxy groups -OCH3 is 1. The maximum atomic E-state index is 13.0. The molecule has 1 heterocycles. The van der Waals surface area contributed by atoms with Crippen molar-refractivity contribution in [3.05, 3.63) is 57.6 Å². The Kier molecular flexibility index (Phi) is 5.56. The van der Waals surface area contributed by atoms with Crippen LogP contribution in [0.2, 0.25) is 5.02 Å². The summed E-state index contributed by atoms with van der Waals surface area (Å²) in [4.78, 5) is 25.8. The smallest absolute Gasteiger partial charge is 0.335 e. The van der Waals surface area contributed by atoms with Gasteiger partial charge in [0, 0.05) is 18.7 Å². The largest absolute Gasteiger partial charge is 0.493 e. The molecule has 0 radical (unpaired) electrons. The van der Waals surface area contributed by atoms with Crippen LogP contribution in [0.4, 0.5) is 0 Å². The highest BCUT2D eigenvalue weighted by molar-refractivity contribution is 6.32. The van der Waals surface area contributed by atoms with Crippen LogP contribution < -0.4 is 9.47 Å². The van der Waals surface area contributed by atoms with Crippen molar-refractivity contribution in [1.29, 1.82) is 0 Å². The first kappa shape index (κ1) is 19.0. The SMILES string of the molecule is CCOc1c(Cl)cc(C(=O)N2CCc3ccc(C(=O)O)cc3C2)cc1OC. The lowest BCUT2D eigenvalue weighted by molar-refractivity contribution is 0.0696. The quantitative estimate of drug-likeness (QED) is 0.844. The van der Waals surface area contributed by atoms with E-state index in [0.29, 0.717) is 48.2 Å². The monoisotopic (exact) mass is 389 g/mol. The minimum Gasteiger partial charge on any atom is -0.493 e. The molecule has 0 atom stereocenters. The number of hydrogen-bond acceptors (Lipinski definition) is 4. The molecule has 0 unspecified atom stereocenters. The van der Waals surface area contributed by atoms with E-state index in [-0.39, 0.29) is 11.5 Å². The third-order valence-electron chi connectivity index (χ3n) is 4.52. The Balaban J connectivity index is 1.88. The zero-order valence-electron chi connectivity index (χ0n) is 15.1. The van der Waals surface area contributed by atoms with Crippen LogP contribution in [0.1, 0.15) is 38.8 Å². The first-order chi connectivity index (χ1) is 12.9. The lowest BCUT2D eigenvalue weighted by Crippen LogP contribution is -2.36. The van der Waals surface area contributed by atoms with Crippen molar-refractivity contribution in [3.63, 3.8) is 0 Å². The van der Waals surface area contributed by atoms with E-state index in [2.05, 4.69) is 0 Å². The summed E-state index contributed by atoms with van der Waals surface area (Å²) in [6.07, 6.45) is 0.670. The number of carbonyl (C=O) groups is 2. The summed E-state index contributed by atoms with van der Waals surface area (Å²) in [5.41, 5.74) is 2.52. The number of carboxylic acids is 1. The molecule has 27 heavy (non-hydrogen) atoms. The third-order valence-corrected chi connectivity index (χ3v) is 4.80. The average Bonchev–Trinajstić information content (AvgIpc) is 2.67. The molecule has 0 aromatic heterocycles. The lowest BCUT2D eigenvalue weighted by Gasteiger charge is -2.29. The second-order valence-electron chi connectivity index (χ2n) is 6.19. The molecule has 3 rings (SSSR count). The molecule has 0 saturated heterocycles. The highest BCUT2D eigenvalue weighted by atomic mass is 35.5. The molecule has 1 N–H and O–H groups in total. The van der Waals surface area contributed by atoms with Crippen LogP contribution in [-0.4, -0.2) is 42.1 Å². The van der Waals surface area contributed by atoms with Crippen molar-refractivity contribution in [1.82, 2.24) is 4.90 Å². The highest BCUT2D eigenvalue weighted by Crippen LogP contribution is 2.37. The number of nitrogens with zero attached hydrogens (tertiary/aromatic N) is 1. The van der Waals surface area contributed by atoms with Crippen molar-refractivity contribution < 1.29 is 24.2 Å². The zero-order chi connectivity index (χ0) is 19.6. The number of benzene rings is 2. The average molecular weight is 390 g/mol. The van der Waals surface area contributed by atoms with Gasteiger partial charge in [-0.05, 0) is 48.7 Å². The first-order valence-corrected chi connectivity index (χ1v) is 8.97. The van der Waals surface area contributed by atoms with Gasteiger partial charge in [-0.3, -0.25) is 4.79 Å². The van der Waals surface area contributed by atoms with E-state index in [9.17, 15) is 14.7 Å². The molecule has 1 aliphatic heterocycles. The highest BCUT2D eigenvalue weighted by Gasteiger charge is 2.24. The molecule has 0 aliphatic carbocycles. The Bertz CT molecular complexity index is 896. The number of halogens is 1. The van der Waals surface area contributed by atoms with Gasteiger partial charge < -0.3 is 19.5 Å². The number of rotatable bonds is 5. The van der Waals surface area contributed by atoms with Crippen LogP contribution in [-0.2, 0) is 13.0 Å². The van der Waals surface area contributed by atoms with Gasteiger partial charge in [-0.15, -0.1) is 0 Å². The zero-order valence-corrected chi connectivity index (χ0v) is 15.9. The topological polar surface area (TPSA) is 76.1 Å². The maximum Gasteiger partial charge on any atom is 0.335 e. The summed E-state index contributed by atoms with van der Waals surface area (Å²) in [6, 6.07) is 8.22. The van der Waals surface area contributed by atoms with Gasteiger partial charge in [0.25, 0.3) is 5.91 Å². The van der Waals surface area contributed by atoms with Gasteiger partial charge in [0.1, 0.15) is 0 Å². The lowest BCUT2D eigenvalue weighted by atomic mass is 9.97. The molecule has 142 valence electrons. The summed E-state index contributed by atoms with van der Waals surface area (Å²) in [5.74, 6) is -0.361. The molecular formula is C20H20ClNO5. The summed E-state index contributed by atoms with van der Waals surface area (Å²) in [6.45, 7) is 3.16. The molecule has 6 nitrogen and oxygen atoms in total. The third kappa shape index (κ3) is 3.85. The maximum absolute atomic E-state index is 13.0. The van der Waals surface area contributed by atoms with Gasteiger partial charge in [-0.1, -0.05) is 17.7 Å². The van der Waals surface area contributed by atoms with Gasteiger partial charge in [0.2, 0.25) is 0 Å². The van der Waals surface area contributed by atoms with Crippen LogP contribution >= 0.6 is 11.6 Å². The molecule has 2 aromatic rings. The van der Waals surface area contributed by atoms with E-state index in [1.807, 2.05) is 13.0 Å². The van der Waals surface area contributed by atoms with Crippen LogP contribution in [0.3, 0.4) is 0 Å². The second kappa shape index (κ2) is 7.88. The minimum atomic E-state index is -0.982. The number of carboxylic acid groups (broad SMARTS) is 1. The molecule has 2 aromatic carbocycles. The Morgan fingerprint density at radius 3 is 2.63 bits per heavy atom. The normalized spacial score (nSPS) is 13.1. The van der Waals surface area contributed by atoms with Gasteiger partial charge >= 0.3 is 5.97 Å². The number of carbonyl (C=O) groups excluding carboxylic acids is 1. The number of aromatic carboxylic acids is 1. The molecule has 1 amide bonds. The Morgan fingerprint density at radius 1 is 1.19 bits per heavy atom. The fourth-order valence-electron chi connectivity index (χ4n) is 3.17. The summed E-state index contributed by atoms with van der Waals surface area (Å²) >= 11 is 6.27. The fraction of sp³-hybridized carbons (Fsp3) is 0.300. The van der Waals surface area contributed by atoms with E-state index in [4.69, 9.17) is 21.1 Å². The van der Waals surface area contributed by atoms with Crippen LogP contribution in [0.15, 0.2) is 30.3 Å². The molecule has 7 heteroatoms. The number of fused-ring (bicyclic) bond motifs is 1. The molecule has 0 fully saturated rings. The van der Waals surface area contributed by atoms with Gasteiger partial charge in [0.05, 0.1) is 24.3 Å². The van der Waals surface area contributed by atoms with Crippen LogP contribution in [0.25, 0.3) is 0 Å². The van der Waals surface area contributed by atoms with Crippen LogP contribution in [0, 0.1) is 0 Å². The standard InChI is InChI=1S/C20H20ClNO5/c1-3-27-18-16(21)9-14(10-17(18)26-2)19(23)22-7-6-12-4-5-13(20(24)25)8-15(12)11-22/h4-5,8-10H,3,6-7,11H2,1-2H3,(H,24,25). The van der Waals surface area contributed by atoms with Gasteiger partial charge in [-0.25, -0.2) is 4.79 Å². The summed E-state index contributed by atoms with van der Waals surface area (Å²) in [5, 5.41) is 9.49. The van der Waals surface area contributed by atoms with E-state index in [1.54, 1.807) is 29.2 Å². The minimum absolute atomic E-state index is 0.190. The number of amides is 1. The summed E-state index contributed by atoms with van der Waals surface area (Å²) in [7, 11) is 1.49. The predicted octanol–water partition coefficient (Wildman–Crippen LogP) is 3.64. The Morgan fingerprint density at radius 2 is 1.96 bits per heavy atom. The second-order valence-corrected chi connectivity index (χ2v) is 6.60. The molecule has 0 saturated carbocycles. The Labute approximate surface area is 162 Å². The van der Waals surface area contributed by atoms with Crippen molar-refractivity contribution in [2.75, 3.05) is 20.3 Å².